The molecule has 2 atom stereocenters. The van der Waals surface area contributed by atoms with Crippen molar-refractivity contribution in [2.75, 3.05) is 18.6 Å². The summed E-state index contributed by atoms with van der Waals surface area (Å²) in [4.78, 5) is 13.9. The summed E-state index contributed by atoms with van der Waals surface area (Å²) in [6.45, 7) is 0. The highest BCUT2D eigenvalue weighted by Crippen LogP contribution is 2.31. The van der Waals surface area contributed by atoms with Gasteiger partial charge in [-0.1, -0.05) is 12.1 Å². The minimum absolute atomic E-state index is 0.00110. The number of carbonyl (C=O) groups excluding carboxylic acids is 1. The Balaban J connectivity index is 1.70. The van der Waals surface area contributed by atoms with E-state index in [1.807, 2.05) is 24.3 Å². The molecule has 0 unspecified atom stereocenters. The summed E-state index contributed by atoms with van der Waals surface area (Å²) < 4.78 is 10.5. The zero-order valence-electron chi connectivity index (χ0n) is 11.2. The first-order valence-corrected chi connectivity index (χ1v) is 7.62. The van der Waals surface area contributed by atoms with Crippen LogP contribution in [0.4, 0.5) is 0 Å². The molecule has 0 spiro atoms. The Kier molecular flexibility index (Phi) is 3.56. The van der Waals surface area contributed by atoms with Gasteiger partial charge in [-0.2, -0.15) is 11.8 Å². The van der Waals surface area contributed by atoms with Gasteiger partial charge in [-0.15, -0.1) is 0 Å². The number of hydrogen-bond acceptors (Lipinski definition) is 5. The third kappa shape index (κ3) is 2.35. The van der Waals surface area contributed by atoms with Crippen molar-refractivity contribution < 1.29 is 14.3 Å². The third-order valence-electron chi connectivity index (χ3n) is 3.60. The average molecular weight is 292 g/mol. The number of thioether (sulfide) groups is 1. The van der Waals surface area contributed by atoms with Gasteiger partial charge in [0.05, 0.1) is 19.6 Å². The SMILES string of the molecule is COc1ccc(CC(=O)N2C(=N)O[C@H]3CSC[C@@H]32)cc1. The van der Waals surface area contributed by atoms with E-state index >= 15 is 0 Å². The summed E-state index contributed by atoms with van der Waals surface area (Å²) in [5.41, 5.74) is 0.915. The summed E-state index contributed by atoms with van der Waals surface area (Å²) in [5.74, 6) is 2.40. The standard InChI is InChI=1S/C14H16N2O3S/c1-18-10-4-2-9(3-5-10)6-13(17)16-11-7-20-8-12(11)19-14(16)15/h2-5,11-12,15H,6-8H2,1H3/t11-,12-/m0/s1. The summed E-state index contributed by atoms with van der Waals surface area (Å²) >= 11 is 1.77. The van der Waals surface area contributed by atoms with E-state index in [-0.39, 0.29) is 30.5 Å². The number of amides is 1. The molecule has 2 aliphatic heterocycles. The molecule has 2 saturated heterocycles. The highest BCUT2D eigenvalue weighted by molar-refractivity contribution is 7.99. The van der Waals surface area contributed by atoms with Crippen molar-refractivity contribution >= 4 is 23.7 Å². The molecule has 2 aliphatic rings. The molecule has 5 nitrogen and oxygen atoms in total. The third-order valence-corrected chi connectivity index (χ3v) is 4.74. The number of hydrogen-bond donors (Lipinski definition) is 1. The normalized spacial score (nSPS) is 24.4. The van der Waals surface area contributed by atoms with E-state index in [2.05, 4.69) is 0 Å². The first kappa shape index (κ1) is 13.3. The van der Waals surface area contributed by atoms with Gasteiger partial charge in [0.25, 0.3) is 6.02 Å². The summed E-state index contributed by atoms with van der Waals surface area (Å²) in [7, 11) is 1.61. The maximum atomic E-state index is 12.4. The number of nitrogens with zero attached hydrogens (tertiary/aromatic N) is 1. The van der Waals surface area contributed by atoms with Crippen LogP contribution in [0, 0.1) is 5.41 Å². The molecule has 2 heterocycles. The molecular weight excluding hydrogens is 276 g/mol. The van der Waals surface area contributed by atoms with Crippen LogP contribution in [-0.4, -0.2) is 47.6 Å². The van der Waals surface area contributed by atoms with Gasteiger partial charge < -0.3 is 9.47 Å². The molecule has 0 aliphatic carbocycles. The first-order chi connectivity index (χ1) is 9.69. The number of amidine groups is 1. The number of carbonyl (C=O) groups is 1. The smallest absolute Gasteiger partial charge is 0.292 e. The lowest BCUT2D eigenvalue weighted by molar-refractivity contribution is -0.127. The van der Waals surface area contributed by atoms with Crippen molar-refractivity contribution in [1.29, 1.82) is 5.41 Å². The van der Waals surface area contributed by atoms with Gasteiger partial charge >= 0.3 is 0 Å². The fraction of sp³-hybridized carbons (Fsp3) is 0.429. The Bertz CT molecular complexity index is 532. The molecule has 1 amide bonds. The van der Waals surface area contributed by atoms with E-state index in [0.717, 1.165) is 22.8 Å². The van der Waals surface area contributed by atoms with Crippen molar-refractivity contribution in [2.24, 2.45) is 0 Å². The van der Waals surface area contributed by atoms with Crippen LogP contribution in [0.25, 0.3) is 0 Å². The topological polar surface area (TPSA) is 62.6 Å². The lowest BCUT2D eigenvalue weighted by Gasteiger charge is -2.19. The second kappa shape index (κ2) is 5.36. The van der Waals surface area contributed by atoms with Crippen LogP contribution in [0.5, 0.6) is 5.75 Å². The quantitative estimate of drug-likeness (QED) is 0.917. The van der Waals surface area contributed by atoms with Crippen LogP contribution in [0.2, 0.25) is 0 Å². The Morgan fingerprint density at radius 1 is 1.45 bits per heavy atom. The molecule has 0 saturated carbocycles. The fourth-order valence-corrected chi connectivity index (χ4v) is 3.79. The van der Waals surface area contributed by atoms with E-state index < -0.39 is 0 Å². The average Bonchev–Trinajstić information content (AvgIpc) is 2.99. The van der Waals surface area contributed by atoms with Gasteiger partial charge in [-0.25, -0.2) is 0 Å². The molecule has 6 heteroatoms. The van der Waals surface area contributed by atoms with E-state index in [0.29, 0.717) is 0 Å². The van der Waals surface area contributed by atoms with E-state index in [4.69, 9.17) is 14.9 Å². The molecule has 1 aromatic rings. The van der Waals surface area contributed by atoms with Crippen LogP contribution in [0.1, 0.15) is 5.56 Å². The molecule has 2 fully saturated rings. The summed E-state index contributed by atoms with van der Waals surface area (Å²) in [6.07, 6.45) is 0.274. The number of nitrogens with one attached hydrogen (secondary N) is 1. The molecular formula is C14H16N2O3S. The highest BCUT2D eigenvalue weighted by atomic mass is 32.2. The minimum atomic E-state index is -0.0739. The van der Waals surface area contributed by atoms with Gasteiger partial charge in [0.2, 0.25) is 5.91 Å². The first-order valence-electron chi connectivity index (χ1n) is 6.47. The molecule has 0 bridgehead atoms. The number of ether oxygens (including phenoxy) is 2. The maximum absolute atomic E-state index is 12.4. The second-order valence-corrected chi connectivity index (χ2v) is 5.93. The van der Waals surface area contributed by atoms with Crippen LogP contribution < -0.4 is 4.74 Å². The van der Waals surface area contributed by atoms with Crippen molar-refractivity contribution in [3.05, 3.63) is 29.8 Å². The molecule has 1 N–H and O–H groups in total. The van der Waals surface area contributed by atoms with E-state index in [9.17, 15) is 4.79 Å². The fourth-order valence-electron chi connectivity index (χ4n) is 2.53. The highest BCUT2D eigenvalue weighted by Gasteiger charge is 2.45. The number of fused-ring (bicyclic) bond motifs is 1. The Hall–Kier alpha value is -1.69. The van der Waals surface area contributed by atoms with E-state index in [1.54, 1.807) is 18.9 Å². The van der Waals surface area contributed by atoms with Crippen LogP contribution >= 0.6 is 11.8 Å². The van der Waals surface area contributed by atoms with Gasteiger partial charge in [0.1, 0.15) is 11.9 Å². The summed E-state index contributed by atoms with van der Waals surface area (Å²) in [6, 6.07) is 7.44. The predicted molar refractivity (Wildman–Crippen MR) is 77.3 cm³/mol. The molecule has 20 heavy (non-hydrogen) atoms. The van der Waals surface area contributed by atoms with Gasteiger partial charge in [0.15, 0.2) is 0 Å². The van der Waals surface area contributed by atoms with Gasteiger partial charge in [-0.05, 0) is 17.7 Å². The zero-order valence-corrected chi connectivity index (χ0v) is 12.0. The lowest BCUT2D eigenvalue weighted by Crippen LogP contribution is -2.42. The Morgan fingerprint density at radius 3 is 2.90 bits per heavy atom. The second-order valence-electron chi connectivity index (χ2n) is 4.85. The monoisotopic (exact) mass is 292 g/mol. The Morgan fingerprint density at radius 2 is 2.20 bits per heavy atom. The predicted octanol–water partition coefficient (Wildman–Crippen LogP) is 1.52. The minimum Gasteiger partial charge on any atom is -0.497 e. The number of rotatable bonds is 3. The number of benzene rings is 1. The van der Waals surface area contributed by atoms with Crippen molar-refractivity contribution in [2.45, 2.75) is 18.6 Å². The Labute approximate surface area is 121 Å². The molecule has 3 rings (SSSR count). The van der Waals surface area contributed by atoms with Crippen LogP contribution in [0.15, 0.2) is 24.3 Å². The van der Waals surface area contributed by atoms with Gasteiger partial charge in [-0.3, -0.25) is 15.1 Å². The van der Waals surface area contributed by atoms with E-state index in [1.165, 1.54) is 4.90 Å². The van der Waals surface area contributed by atoms with Crippen LogP contribution in [-0.2, 0) is 16.0 Å². The van der Waals surface area contributed by atoms with Crippen LogP contribution in [0.3, 0.4) is 0 Å². The number of methoxy groups -OCH3 is 1. The zero-order chi connectivity index (χ0) is 14.1. The molecule has 0 radical (unpaired) electrons. The van der Waals surface area contributed by atoms with Crippen molar-refractivity contribution in [3.63, 3.8) is 0 Å². The maximum Gasteiger partial charge on any atom is 0.292 e. The summed E-state index contributed by atoms with van der Waals surface area (Å²) in [5, 5.41) is 7.82. The van der Waals surface area contributed by atoms with Crippen molar-refractivity contribution in [3.8, 4) is 5.75 Å². The lowest BCUT2D eigenvalue weighted by atomic mass is 10.1. The van der Waals surface area contributed by atoms with Crippen molar-refractivity contribution in [1.82, 2.24) is 4.90 Å². The molecule has 1 aromatic carbocycles. The molecule has 106 valence electrons. The largest absolute Gasteiger partial charge is 0.497 e. The molecule has 0 aromatic heterocycles. The van der Waals surface area contributed by atoms with Gasteiger partial charge in [0, 0.05) is 11.5 Å².